The molecule has 0 aliphatic rings. The summed E-state index contributed by atoms with van der Waals surface area (Å²) in [5.41, 5.74) is 2.93. The van der Waals surface area contributed by atoms with Gasteiger partial charge in [-0.3, -0.25) is 0 Å². The van der Waals surface area contributed by atoms with Crippen LogP contribution in [0.5, 0.6) is 5.75 Å². The highest BCUT2D eigenvalue weighted by Gasteiger charge is 2.07. The Labute approximate surface area is 135 Å². The second-order valence-corrected chi connectivity index (χ2v) is 4.25. The fourth-order valence-electron chi connectivity index (χ4n) is 1.65. The lowest BCUT2D eigenvalue weighted by Crippen LogP contribution is -2.08. The minimum absolute atomic E-state index is 0.318. The monoisotopic (exact) mass is 300 g/mol. The van der Waals surface area contributed by atoms with Gasteiger partial charge in [-0.15, -0.1) is 0 Å². The summed E-state index contributed by atoms with van der Waals surface area (Å²) in [6.45, 7) is 12.1. The first-order valence-electron chi connectivity index (χ1n) is 8.07. The number of hydrogen-bond donors (Lipinski definition) is 0. The Balaban J connectivity index is 0.00000102. The maximum Gasteiger partial charge on any atom is 0.343 e. The molecule has 0 fully saturated rings. The summed E-state index contributed by atoms with van der Waals surface area (Å²) in [6.07, 6.45) is 0.966. The number of ether oxygens (including phenoxy) is 1. The minimum atomic E-state index is -0.318. The summed E-state index contributed by atoms with van der Waals surface area (Å²) in [5, 5.41) is 0. The highest BCUT2D eigenvalue weighted by molar-refractivity contribution is 5.91. The summed E-state index contributed by atoms with van der Waals surface area (Å²) in [4.78, 5) is 11.9. The van der Waals surface area contributed by atoms with Crippen LogP contribution in [-0.2, 0) is 6.42 Å². The highest BCUT2D eigenvalue weighted by atomic mass is 16.5. The predicted octanol–water partition coefficient (Wildman–Crippen LogP) is 5.83. The van der Waals surface area contributed by atoms with Crippen molar-refractivity contribution < 1.29 is 9.53 Å². The average Bonchev–Trinajstić information content (AvgIpc) is 2.60. The number of benzene rings is 2. The molecule has 0 N–H and O–H groups in total. The molecule has 0 saturated heterocycles. The third-order valence-electron chi connectivity index (χ3n) is 2.83. The van der Waals surface area contributed by atoms with E-state index in [-0.39, 0.29) is 5.97 Å². The van der Waals surface area contributed by atoms with Crippen molar-refractivity contribution >= 4 is 5.97 Å². The van der Waals surface area contributed by atoms with Gasteiger partial charge in [0.1, 0.15) is 5.75 Å². The SMILES string of the molecule is CC.CC.CCc1ccc(C(=O)Oc2ccc(C)cc2)cc1. The van der Waals surface area contributed by atoms with E-state index in [1.54, 1.807) is 24.3 Å². The van der Waals surface area contributed by atoms with E-state index >= 15 is 0 Å². The molecule has 0 amide bonds. The quantitative estimate of drug-likeness (QED) is 0.526. The second-order valence-electron chi connectivity index (χ2n) is 4.25. The first-order chi connectivity index (χ1) is 10.7. The molecule has 0 spiro atoms. The van der Waals surface area contributed by atoms with Gasteiger partial charge in [-0.25, -0.2) is 4.79 Å². The summed E-state index contributed by atoms with van der Waals surface area (Å²) in [5.74, 6) is 0.256. The molecule has 22 heavy (non-hydrogen) atoms. The van der Waals surface area contributed by atoms with Crippen LogP contribution in [0.25, 0.3) is 0 Å². The van der Waals surface area contributed by atoms with E-state index in [0.717, 1.165) is 12.0 Å². The van der Waals surface area contributed by atoms with E-state index in [1.807, 2.05) is 58.9 Å². The molecule has 0 aliphatic carbocycles. The van der Waals surface area contributed by atoms with Gasteiger partial charge in [0, 0.05) is 0 Å². The van der Waals surface area contributed by atoms with Gasteiger partial charge in [0.15, 0.2) is 0 Å². The number of aryl methyl sites for hydroxylation is 2. The molecule has 2 nitrogen and oxygen atoms in total. The van der Waals surface area contributed by atoms with E-state index in [4.69, 9.17) is 4.74 Å². The second kappa shape index (κ2) is 11.6. The zero-order chi connectivity index (χ0) is 17.0. The van der Waals surface area contributed by atoms with Crippen molar-refractivity contribution in [2.75, 3.05) is 0 Å². The first-order valence-corrected chi connectivity index (χ1v) is 8.07. The van der Waals surface area contributed by atoms with Crippen molar-refractivity contribution in [2.24, 2.45) is 0 Å². The van der Waals surface area contributed by atoms with Crippen LogP contribution >= 0.6 is 0 Å². The normalized spacial score (nSPS) is 8.82. The van der Waals surface area contributed by atoms with Gasteiger partial charge in [0.2, 0.25) is 0 Å². The van der Waals surface area contributed by atoms with Crippen LogP contribution in [0.15, 0.2) is 48.5 Å². The molecule has 0 saturated carbocycles. The van der Waals surface area contributed by atoms with E-state index in [0.29, 0.717) is 11.3 Å². The molecule has 120 valence electrons. The first kappa shape index (κ1) is 19.9. The van der Waals surface area contributed by atoms with Gasteiger partial charge < -0.3 is 4.74 Å². The van der Waals surface area contributed by atoms with Gasteiger partial charge in [-0.1, -0.05) is 64.4 Å². The van der Waals surface area contributed by atoms with Crippen molar-refractivity contribution in [2.45, 2.75) is 48.0 Å². The predicted molar refractivity (Wildman–Crippen MR) is 94.7 cm³/mol. The van der Waals surface area contributed by atoms with E-state index in [2.05, 4.69) is 6.92 Å². The Morgan fingerprint density at radius 2 is 1.36 bits per heavy atom. The largest absolute Gasteiger partial charge is 0.423 e. The molecule has 0 radical (unpaired) electrons. The summed E-state index contributed by atoms with van der Waals surface area (Å²) < 4.78 is 5.29. The maximum atomic E-state index is 11.9. The van der Waals surface area contributed by atoms with Crippen molar-refractivity contribution in [1.82, 2.24) is 0 Å². The zero-order valence-electron chi connectivity index (χ0n) is 14.6. The van der Waals surface area contributed by atoms with Crippen LogP contribution in [0.4, 0.5) is 0 Å². The van der Waals surface area contributed by atoms with Gasteiger partial charge in [0.05, 0.1) is 5.56 Å². The molecule has 2 heteroatoms. The van der Waals surface area contributed by atoms with Gasteiger partial charge in [0.25, 0.3) is 0 Å². The molecule has 0 bridgehead atoms. The maximum absolute atomic E-state index is 11.9. The molecule has 0 aromatic heterocycles. The Kier molecular flexibility index (Phi) is 10.5. The molecule has 0 atom stereocenters. The van der Waals surface area contributed by atoms with Gasteiger partial charge >= 0.3 is 5.97 Å². The summed E-state index contributed by atoms with van der Waals surface area (Å²) in [6, 6.07) is 14.9. The Hall–Kier alpha value is -2.09. The lowest BCUT2D eigenvalue weighted by molar-refractivity contribution is 0.0734. The lowest BCUT2D eigenvalue weighted by Gasteiger charge is -2.05. The third kappa shape index (κ3) is 6.57. The molecule has 0 heterocycles. The molecule has 2 aromatic rings. The summed E-state index contributed by atoms with van der Waals surface area (Å²) in [7, 11) is 0. The van der Waals surface area contributed by atoms with Crippen molar-refractivity contribution in [3.63, 3.8) is 0 Å². The van der Waals surface area contributed by atoms with Crippen LogP contribution in [0.2, 0.25) is 0 Å². The molecule has 0 unspecified atom stereocenters. The fraction of sp³-hybridized carbons (Fsp3) is 0.350. The topological polar surface area (TPSA) is 26.3 Å². The number of carbonyl (C=O) groups is 1. The zero-order valence-corrected chi connectivity index (χ0v) is 14.6. The number of esters is 1. The number of carbonyl (C=O) groups excluding carboxylic acids is 1. The van der Waals surface area contributed by atoms with Crippen LogP contribution in [0.1, 0.15) is 56.1 Å². The molecule has 2 aromatic carbocycles. The number of hydrogen-bond acceptors (Lipinski definition) is 2. The highest BCUT2D eigenvalue weighted by Crippen LogP contribution is 2.14. The smallest absolute Gasteiger partial charge is 0.343 e. The van der Waals surface area contributed by atoms with Crippen molar-refractivity contribution in [3.8, 4) is 5.75 Å². The third-order valence-corrected chi connectivity index (χ3v) is 2.83. The van der Waals surface area contributed by atoms with Crippen LogP contribution in [-0.4, -0.2) is 5.97 Å². The molecule has 2 rings (SSSR count). The van der Waals surface area contributed by atoms with Crippen LogP contribution < -0.4 is 4.74 Å². The molecular weight excluding hydrogens is 272 g/mol. The van der Waals surface area contributed by atoms with E-state index in [1.165, 1.54) is 5.56 Å². The Bertz CT molecular complexity index is 525. The van der Waals surface area contributed by atoms with Gasteiger partial charge in [-0.05, 0) is 43.2 Å². The minimum Gasteiger partial charge on any atom is -0.423 e. The fourth-order valence-corrected chi connectivity index (χ4v) is 1.65. The Morgan fingerprint density at radius 1 is 0.864 bits per heavy atom. The van der Waals surface area contributed by atoms with Gasteiger partial charge in [-0.2, -0.15) is 0 Å². The van der Waals surface area contributed by atoms with E-state index < -0.39 is 0 Å². The van der Waals surface area contributed by atoms with E-state index in [9.17, 15) is 4.79 Å². The lowest BCUT2D eigenvalue weighted by atomic mass is 10.1. The van der Waals surface area contributed by atoms with Crippen molar-refractivity contribution in [1.29, 1.82) is 0 Å². The average molecular weight is 300 g/mol. The van der Waals surface area contributed by atoms with Crippen LogP contribution in [0, 0.1) is 6.92 Å². The molecule has 0 aliphatic heterocycles. The van der Waals surface area contributed by atoms with Crippen molar-refractivity contribution in [3.05, 3.63) is 65.2 Å². The molecular formula is C20H28O2. The standard InChI is InChI=1S/C16H16O2.2C2H6/c1-3-13-6-8-14(9-7-13)16(17)18-15-10-4-12(2)5-11-15;2*1-2/h4-11H,3H2,1-2H3;2*1-2H3. The number of rotatable bonds is 3. The summed E-state index contributed by atoms with van der Waals surface area (Å²) >= 11 is 0. The Morgan fingerprint density at radius 3 is 1.82 bits per heavy atom. The van der Waals surface area contributed by atoms with Crippen LogP contribution in [0.3, 0.4) is 0 Å².